The fourth-order valence-electron chi connectivity index (χ4n) is 3.96. The lowest BCUT2D eigenvalue weighted by atomic mass is 9.77. The summed E-state index contributed by atoms with van der Waals surface area (Å²) in [6.45, 7) is 1.97. The van der Waals surface area contributed by atoms with Crippen LogP contribution in [0.25, 0.3) is 0 Å². The first-order valence-corrected chi connectivity index (χ1v) is 9.98. The molecule has 1 aromatic heterocycles. The number of nitrogens with zero attached hydrogens (tertiary/aromatic N) is 1. The first kappa shape index (κ1) is 25.3. The van der Waals surface area contributed by atoms with Crippen LogP contribution in [-0.2, 0) is 14.3 Å². The van der Waals surface area contributed by atoms with Gasteiger partial charge in [0.05, 0.1) is 14.2 Å². The summed E-state index contributed by atoms with van der Waals surface area (Å²) < 4.78 is 84.8. The molecule has 0 saturated carbocycles. The number of carbonyl (C=O) groups excluding carboxylic acids is 2. The predicted octanol–water partition coefficient (Wildman–Crippen LogP) is 4.23. The maximum atomic E-state index is 14.4. The van der Waals surface area contributed by atoms with Gasteiger partial charge in [0.1, 0.15) is 11.9 Å². The summed E-state index contributed by atoms with van der Waals surface area (Å²) >= 11 is 0. The third-order valence-corrected chi connectivity index (χ3v) is 5.97. The Balaban J connectivity index is 2.06. The number of rotatable bonds is 5. The summed E-state index contributed by atoms with van der Waals surface area (Å²) in [7, 11) is 2.16. The number of esters is 1. The molecule has 0 unspecified atom stereocenters. The molecule has 1 fully saturated rings. The van der Waals surface area contributed by atoms with E-state index < -0.39 is 59.0 Å². The topological polar surface area (TPSA) is 86.8 Å². The Morgan fingerprint density at radius 2 is 1.82 bits per heavy atom. The minimum atomic E-state index is -4.89. The average Bonchev–Trinajstić information content (AvgIpc) is 3.07. The van der Waals surface area contributed by atoms with Crippen molar-refractivity contribution in [2.75, 3.05) is 19.5 Å². The van der Waals surface area contributed by atoms with E-state index >= 15 is 0 Å². The monoisotopic (exact) mass is 488 g/mol. The molecule has 0 spiro atoms. The van der Waals surface area contributed by atoms with Gasteiger partial charge in [-0.05, 0) is 25.1 Å². The van der Waals surface area contributed by atoms with Crippen molar-refractivity contribution in [3.63, 3.8) is 0 Å². The van der Waals surface area contributed by atoms with Crippen LogP contribution in [0.15, 0.2) is 30.3 Å². The molecule has 7 nitrogen and oxygen atoms in total. The summed E-state index contributed by atoms with van der Waals surface area (Å²) in [5.74, 6) is -8.06. The van der Waals surface area contributed by atoms with Crippen molar-refractivity contribution >= 4 is 17.7 Å². The lowest BCUT2D eigenvalue weighted by Gasteiger charge is -2.32. The molecule has 4 atom stereocenters. The van der Waals surface area contributed by atoms with E-state index in [1.807, 2.05) is 0 Å². The smallest absolute Gasteiger partial charge is 0.417 e. The lowest BCUT2D eigenvalue weighted by molar-refractivity contribution is -0.272. The number of methoxy groups -OCH3 is 2. The molecule has 0 radical (unpaired) electrons. The highest BCUT2D eigenvalue weighted by molar-refractivity contribution is 5.95. The molecule has 1 amide bonds. The molecule has 1 saturated heterocycles. The van der Waals surface area contributed by atoms with E-state index in [4.69, 9.17) is 9.47 Å². The summed E-state index contributed by atoms with van der Waals surface area (Å²) in [4.78, 5) is 28.7. The molecule has 12 heteroatoms. The van der Waals surface area contributed by atoms with Crippen molar-refractivity contribution in [1.82, 2.24) is 4.98 Å². The molecule has 34 heavy (non-hydrogen) atoms. The third-order valence-electron chi connectivity index (χ3n) is 5.97. The number of aromatic nitrogens is 1. The Hall–Kier alpha value is -3.28. The number of amides is 1. The molecular formula is C22H21F5N2O5. The molecule has 1 aromatic carbocycles. The second-order valence-electron chi connectivity index (χ2n) is 7.83. The van der Waals surface area contributed by atoms with E-state index in [1.54, 1.807) is 0 Å². The Kier molecular flexibility index (Phi) is 6.83. The van der Waals surface area contributed by atoms with Gasteiger partial charge in [-0.1, -0.05) is 19.1 Å². The van der Waals surface area contributed by atoms with Gasteiger partial charge in [0.2, 0.25) is 5.82 Å². The van der Waals surface area contributed by atoms with Gasteiger partial charge in [-0.2, -0.15) is 17.6 Å². The molecule has 2 heterocycles. The maximum Gasteiger partial charge on any atom is 0.417 e. The molecular weight excluding hydrogens is 467 g/mol. The summed E-state index contributed by atoms with van der Waals surface area (Å²) in [6, 6.07) is 5.78. The number of nitrogens with one attached hydrogen (secondary N) is 1. The Bertz CT molecular complexity index is 1110. The largest absolute Gasteiger partial charge is 0.493 e. The number of carbonyl (C=O) groups is 2. The fourth-order valence-corrected chi connectivity index (χ4v) is 3.96. The molecule has 1 aliphatic rings. The van der Waals surface area contributed by atoms with E-state index in [9.17, 15) is 31.5 Å². The van der Waals surface area contributed by atoms with E-state index in [2.05, 4.69) is 15.0 Å². The second kappa shape index (κ2) is 9.16. The third kappa shape index (κ3) is 4.29. The van der Waals surface area contributed by atoms with Gasteiger partial charge >= 0.3 is 12.1 Å². The fraction of sp³-hybridized carbons (Fsp3) is 0.409. The Morgan fingerprint density at radius 3 is 2.41 bits per heavy atom. The van der Waals surface area contributed by atoms with Gasteiger partial charge in [-0.15, -0.1) is 0 Å². The van der Waals surface area contributed by atoms with Crippen LogP contribution in [0, 0.1) is 17.6 Å². The second-order valence-corrected chi connectivity index (χ2v) is 7.83. The zero-order valence-electron chi connectivity index (χ0n) is 18.5. The zero-order valence-corrected chi connectivity index (χ0v) is 18.5. The maximum absolute atomic E-state index is 14.4. The van der Waals surface area contributed by atoms with Crippen molar-refractivity contribution in [1.29, 1.82) is 0 Å². The standard InChI is InChI=1S/C22H21F5N2O5/c1-10-15(11-8-9-12(23)16(24)17(11)32-3)18(34-21(10,2)22(25,26)27)19(30)29-14-7-5-6-13(28-14)20(31)33-4/h5-10,15,18H,1-4H3,(H,28,29,30)/t10-,15-,18+,21-/m0/s1. The van der Waals surface area contributed by atoms with Gasteiger partial charge in [-0.3, -0.25) is 4.79 Å². The van der Waals surface area contributed by atoms with Gasteiger partial charge in [0.15, 0.2) is 22.9 Å². The highest BCUT2D eigenvalue weighted by atomic mass is 19.4. The minimum Gasteiger partial charge on any atom is -0.493 e. The number of benzene rings is 1. The van der Waals surface area contributed by atoms with Gasteiger partial charge in [0.25, 0.3) is 5.91 Å². The Morgan fingerprint density at radius 1 is 1.15 bits per heavy atom. The number of anilines is 1. The molecule has 3 rings (SSSR count). The van der Waals surface area contributed by atoms with Crippen LogP contribution in [0.2, 0.25) is 0 Å². The van der Waals surface area contributed by atoms with Gasteiger partial charge in [0, 0.05) is 17.4 Å². The average molecular weight is 488 g/mol. The normalized spacial score (nSPS) is 24.6. The Labute approximate surface area is 191 Å². The number of hydrogen-bond donors (Lipinski definition) is 1. The quantitative estimate of drug-likeness (QED) is 0.501. The molecule has 184 valence electrons. The van der Waals surface area contributed by atoms with Crippen LogP contribution in [0.5, 0.6) is 5.75 Å². The SMILES string of the molecule is COC(=O)c1cccc(NC(=O)[C@@H]2O[C@](C)(C(F)(F)F)[C@@H](C)[C@H]2c2ccc(F)c(F)c2OC)n1. The van der Waals surface area contributed by atoms with Crippen molar-refractivity contribution in [3.05, 3.63) is 53.2 Å². The van der Waals surface area contributed by atoms with Crippen LogP contribution in [0.3, 0.4) is 0 Å². The van der Waals surface area contributed by atoms with E-state index in [-0.39, 0.29) is 17.1 Å². The van der Waals surface area contributed by atoms with Gasteiger partial charge in [-0.25, -0.2) is 14.2 Å². The first-order chi connectivity index (χ1) is 15.9. The summed E-state index contributed by atoms with van der Waals surface area (Å²) in [5.41, 5.74) is -3.12. The highest BCUT2D eigenvalue weighted by Crippen LogP contribution is 2.54. The van der Waals surface area contributed by atoms with E-state index in [1.165, 1.54) is 25.1 Å². The first-order valence-electron chi connectivity index (χ1n) is 9.98. The molecule has 1 N–H and O–H groups in total. The summed E-state index contributed by atoms with van der Waals surface area (Å²) in [6.07, 6.45) is -6.68. The van der Waals surface area contributed by atoms with Crippen LogP contribution in [-0.4, -0.2) is 49.0 Å². The number of hydrogen-bond acceptors (Lipinski definition) is 6. The van der Waals surface area contributed by atoms with Crippen molar-refractivity contribution < 1.29 is 45.8 Å². The van der Waals surface area contributed by atoms with Crippen LogP contribution < -0.4 is 10.1 Å². The molecule has 0 aliphatic carbocycles. The van der Waals surface area contributed by atoms with E-state index in [0.29, 0.717) is 0 Å². The van der Waals surface area contributed by atoms with Gasteiger partial charge < -0.3 is 19.5 Å². The minimum absolute atomic E-state index is 0.152. The molecule has 2 aromatic rings. The number of pyridine rings is 1. The van der Waals surface area contributed by atoms with E-state index in [0.717, 1.165) is 33.3 Å². The predicted molar refractivity (Wildman–Crippen MR) is 108 cm³/mol. The van der Waals surface area contributed by atoms with Crippen molar-refractivity contribution in [3.8, 4) is 5.75 Å². The van der Waals surface area contributed by atoms with Crippen LogP contribution >= 0.6 is 0 Å². The zero-order chi connectivity index (χ0) is 25.4. The number of ether oxygens (including phenoxy) is 3. The summed E-state index contributed by atoms with van der Waals surface area (Å²) in [5, 5.41) is 2.32. The number of halogens is 5. The lowest BCUT2D eigenvalue weighted by Crippen LogP contribution is -2.47. The van der Waals surface area contributed by atoms with Crippen LogP contribution in [0.1, 0.15) is 35.8 Å². The van der Waals surface area contributed by atoms with Crippen molar-refractivity contribution in [2.45, 2.75) is 37.6 Å². The van der Waals surface area contributed by atoms with Crippen LogP contribution in [0.4, 0.5) is 27.8 Å². The van der Waals surface area contributed by atoms with Crippen molar-refractivity contribution in [2.24, 2.45) is 5.92 Å². The highest BCUT2D eigenvalue weighted by Gasteiger charge is 2.65. The molecule has 0 bridgehead atoms. The molecule has 1 aliphatic heterocycles. The number of alkyl halides is 3.